The number of phenols is 3. The Labute approximate surface area is 298 Å². The van der Waals surface area contributed by atoms with Gasteiger partial charge in [-0.1, -0.05) is 23.7 Å². The van der Waals surface area contributed by atoms with Crippen molar-refractivity contribution in [3.63, 3.8) is 0 Å². The predicted octanol–water partition coefficient (Wildman–Crippen LogP) is 9.01. The molecule has 0 amide bonds. The van der Waals surface area contributed by atoms with Gasteiger partial charge < -0.3 is 15.3 Å². The van der Waals surface area contributed by atoms with Crippen molar-refractivity contribution < 1.29 is 36.4 Å². The average molecular weight is 706 g/mol. The standard InChI is InChI=1S/C26H34O2.C14H13ClN2O.O.V/c27-23-8-21(25-9-15-1-16(10-25)3-17(2-15)11-25)7-22(24(23)28)26-12-18-4-19(13-26)6-20(5-18)14-26;15-12-4-5-14(18)11(9-12)10-16-8-6-13-3-1-2-7-17-13;;/h7-8,15-20,27-28H,1-6,9-14H2;1-5,7,9-10,18H,6,8H2;;. The molecule has 0 saturated heterocycles. The summed E-state index contributed by atoms with van der Waals surface area (Å²) in [6.07, 6.45) is 20.5. The van der Waals surface area contributed by atoms with Gasteiger partial charge in [0.05, 0.1) is 0 Å². The number of pyridine rings is 1. The van der Waals surface area contributed by atoms with Gasteiger partial charge in [-0.05, 0) is 165 Å². The zero-order valence-electron chi connectivity index (χ0n) is 27.6. The molecular formula is C40H47ClN2O4V. The SMILES string of the molecule is Oc1cc(C23CC4CC(CC(C4)C2)C3)cc(C23CC4CC(CC(C4)C2)C3)c1O.Oc1ccc(Cl)cc1C=NCCc1ccccn1.[O]=[V]. The summed E-state index contributed by atoms with van der Waals surface area (Å²) in [6, 6.07) is 15.1. The van der Waals surface area contributed by atoms with Crippen LogP contribution in [0.25, 0.3) is 0 Å². The molecular weight excluding hydrogens is 659 g/mol. The molecule has 0 spiro atoms. The molecule has 0 radical (unpaired) electrons. The van der Waals surface area contributed by atoms with Crippen LogP contribution in [0.2, 0.25) is 5.02 Å². The Morgan fingerprint density at radius 1 is 0.750 bits per heavy atom. The van der Waals surface area contributed by atoms with Gasteiger partial charge in [0, 0.05) is 47.2 Å². The number of aromatic hydroxyl groups is 3. The van der Waals surface area contributed by atoms with Crippen molar-refractivity contribution in [3.05, 3.63) is 82.1 Å². The van der Waals surface area contributed by atoms with Crippen LogP contribution < -0.4 is 0 Å². The van der Waals surface area contributed by atoms with Crippen molar-refractivity contribution in [3.8, 4) is 17.2 Å². The Balaban J connectivity index is 0.000000159. The van der Waals surface area contributed by atoms with Crippen molar-refractivity contribution in [1.29, 1.82) is 0 Å². The molecule has 2 aromatic carbocycles. The molecule has 253 valence electrons. The van der Waals surface area contributed by atoms with Crippen LogP contribution in [-0.4, -0.2) is 33.1 Å². The van der Waals surface area contributed by atoms with Crippen LogP contribution in [0.5, 0.6) is 17.2 Å². The molecule has 48 heavy (non-hydrogen) atoms. The van der Waals surface area contributed by atoms with Gasteiger partial charge in [-0.25, -0.2) is 0 Å². The van der Waals surface area contributed by atoms with Gasteiger partial charge in [0.25, 0.3) is 0 Å². The fourth-order valence-electron chi connectivity index (χ4n) is 11.8. The number of aliphatic imine (C=N–C) groups is 1. The molecule has 8 saturated carbocycles. The molecule has 6 nitrogen and oxygen atoms in total. The van der Waals surface area contributed by atoms with Crippen molar-refractivity contribution in [2.75, 3.05) is 6.54 Å². The van der Waals surface area contributed by atoms with Gasteiger partial charge in [-0.2, -0.15) is 0 Å². The topological polar surface area (TPSA) is 103 Å². The van der Waals surface area contributed by atoms with Crippen LogP contribution in [0.3, 0.4) is 0 Å². The zero-order valence-corrected chi connectivity index (χ0v) is 29.8. The molecule has 8 fully saturated rings. The monoisotopic (exact) mass is 705 g/mol. The number of hydrogen-bond donors (Lipinski definition) is 3. The molecule has 8 aliphatic carbocycles. The molecule has 0 atom stereocenters. The van der Waals surface area contributed by atoms with Crippen molar-refractivity contribution in [2.24, 2.45) is 40.5 Å². The Hall–Kier alpha value is -2.67. The Kier molecular flexibility index (Phi) is 9.81. The van der Waals surface area contributed by atoms with E-state index in [0.717, 1.165) is 70.6 Å². The van der Waals surface area contributed by atoms with Gasteiger partial charge >= 0.3 is 21.0 Å². The first-order valence-electron chi connectivity index (χ1n) is 17.9. The van der Waals surface area contributed by atoms with E-state index in [9.17, 15) is 15.3 Å². The molecule has 0 aliphatic heterocycles. The molecule has 1 aromatic heterocycles. The fraction of sp³-hybridized carbons (Fsp3) is 0.550. The van der Waals surface area contributed by atoms with E-state index in [1.54, 1.807) is 30.6 Å². The Morgan fingerprint density at radius 2 is 1.31 bits per heavy atom. The summed E-state index contributed by atoms with van der Waals surface area (Å²) in [5, 5.41) is 32.0. The summed E-state index contributed by atoms with van der Waals surface area (Å²) in [5.41, 5.74) is 4.59. The van der Waals surface area contributed by atoms with E-state index < -0.39 is 0 Å². The van der Waals surface area contributed by atoms with E-state index >= 15 is 0 Å². The summed E-state index contributed by atoms with van der Waals surface area (Å²) >= 11 is 6.91. The third-order valence-electron chi connectivity index (χ3n) is 12.8. The number of benzene rings is 2. The van der Waals surface area contributed by atoms with Crippen LogP contribution in [-0.2, 0) is 38.3 Å². The van der Waals surface area contributed by atoms with E-state index in [4.69, 9.17) is 15.3 Å². The predicted molar refractivity (Wildman–Crippen MR) is 184 cm³/mol. The van der Waals surface area contributed by atoms with Gasteiger partial charge in [0.1, 0.15) is 5.75 Å². The quantitative estimate of drug-likeness (QED) is 0.176. The second kappa shape index (κ2) is 13.9. The van der Waals surface area contributed by atoms with Crippen LogP contribution in [0.4, 0.5) is 0 Å². The maximum atomic E-state index is 11.0. The van der Waals surface area contributed by atoms with E-state index in [1.807, 2.05) is 24.3 Å². The number of aromatic nitrogens is 1. The third-order valence-corrected chi connectivity index (χ3v) is 13.0. The molecule has 3 N–H and O–H groups in total. The van der Waals surface area contributed by atoms with Crippen molar-refractivity contribution in [2.45, 2.75) is 94.3 Å². The number of halogens is 1. The molecule has 3 aromatic rings. The summed E-state index contributed by atoms with van der Waals surface area (Å²) in [5.74, 6) is 5.86. The van der Waals surface area contributed by atoms with E-state index in [-0.39, 0.29) is 28.1 Å². The molecule has 1 heterocycles. The van der Waals surface area contributed by atoms with Gasteiger partial charge in [-0.3, -0.25) is 9.98 Å². The number of hydrogen-bond acceptors (Lipinski definition) is 6. The summed E-state index contributed by atoms with van der Waals surface area (Å²) in [4.78, 5) is 8.47. The summed E-state index contributed by atoms with van der Waals surface area (Å²) in [7, 11) is 0. The van der Waals surface area contributed by atoms with Crippen LogP contribution in [0.1, 0.15) is 99.4 Å². The Morgan fingerprint density at radius 3 is 1.85 bits per heavy atom. The minimum atomic E-state index is 0.147. The van der Waals surface area contributed by atoms with Crippen LogP contribution in [0, 0.1) is 35.5 Å². The second-order valence-corrected chi connectivity index (χ2v) is 16.5. The molecule has 11 rings (SSSR count). The molecule has 8 aliphatic rings. The van der Waals surface area contributed by atoms with Crippen molar-refractivity contribution in [1.82, 2.24) is 4.98 Å². The number of rotatable bonds is 6. The van der Waals surface area contributed by atoms with Crippen LogP contribution in [0.15, 0.2) is 59.7 Å². The average Bonchev–Trinajstić information content (AvgIpc) is 3.06. The Bertz CT molecular complexity index is 1580. The van der Waals surface area contributed by atoms with Gasteiger partial charge in [0.15, 0.2) is 11.5 Å². The number of phenolic OH excluding ortho intramolecular Hbond substituents is 3. The first-order chi connectivity index (χ1) is 23.3. The third kappa shape index (κ3) is 6.74. The minimum absolute atomic E-state index is 0.147. The van der Waals surface area contributed by atoms with Crippen LogP contribution >= 0.6 is 11.6 Å². The summed E-state index contributed by atoms with van der Waals surface area (Å²) in [6.45, 7) is 0.628. The first kappa shape index (κ1) is 33.8. The fourth-order valence-corrected chi connectivity index (χ4v) is 11.9. The number of nitrogens with zero attached hydrogens (tertiary/aromatic N) is 2. The van der Waals surface area contributed by atoms with E-state index in [1.165, 1.54) is 82.6 Å². The van der Waals surface area contributed by atoms with E-state index in [2.05, 4.69) is 16.0 Å². The molecule has 8 bridgehead atoms. The second-order valence-electron chi connectivity index (χ2n) is 16.1. The molecule has 8 heteroatoms. The van der Waals surface area contributed by atoms with Gasteiger partial charge in [0.2, 0.25) is 0 Å². The maximum absolute atomic E-state index is 11.0. The normalized spacial score (nSPS) is 33.6. The van der Waals surface area contributed by atoms with E-state index in [0.29, 0.717) is 17.1 Å². The zero-order chi connectivity index (χ0) is 33.5. The molecule has 0 unspecified atom stereocenters. The summed E-state index contributed by atoms with van der Waals surface area (Å²) < 4.78 is 8.19. The van der Waals surface area contributed by atoms with Crippen molar-refractivity contribution >= 4 is 17.8 Å². The first-order valence-corrected chi connectivity index (χ1v) is 18.8. The van der Waals surface area contributed by atoms with Gasteiger partial charge in [-0.15, -0.1) is 0 Å².